The van der Waals surface area contributed by atoms with Gasteiger partial charge in [-0.25, -0.2) is 0 Å². The highest BCUT2D eigenvalue weighted by Crippen LogP contribution is 2.54. The number of para-hydroxylation sites is 2. The second-order valence-corrected chi connectivity index (χ2v) is 13.1. The predicted molar refractivity (Wildman–Crippen MR) is 203 cm³/mol. The Hall–Kier alpha value is -5.88. The lowest BCUT2D eigenvalue weighted by atomic mass is 9.79. The first kappa shape index (κ1) is 29.5. The fraction of sp³-hybridized carbons (Fsp3) is 0.0851. The Labute approximate surface area is 284 Å². The minimum Gasteiger partial charge on any atom is -0.310 e. The molecule has 8 rings (SSSR count). The molecule has 1 nitrogen and oxygen atoms in total. The smallest absolute Gasteiger partial charge is 0.0465 e. The highest BCUT2D eigenvalue weighted by Gasteiger charge is 2.40. The Balaban J connectivity index is 1.30. The lowest BCUT2D eigenvalue weighted by molar-refractivity contribution is 0.654. The standard InChI is InChI=1S/C47H37N/c1-47(2)44-31-30-40(43(35-20-10-4-11-21-35)32-34-18-8-3-9-19-34)39-26-16-7-17-27-41(39)46(44)42-29-28-38(33-45(42)47)48(36-22-12-5-13-23-36)37-24-14-6-15-25-37/h3-15,17-33,40H,1-2H3/b43-32+. The highest BCUT2D eigenvalue weighted by atomic mass is 15.1. The zero-order chi connectivity index (χ0) is 32.5. The Kier molecular flexibility index (Phi) is 7.61. The average molecular weight is 616 g/mol. The fourth-order valence-corrected chi connectivity index (χ4v) is 7.47. The molecule has 0 amide bonds. The van der Waals surface area contributed by atoms with Crippen LogP contribution in [0.3, 0.4) is 0 Å². The summed E-state index contributed by atoms with van der Waals surface area (Å²) in [7, 11) is 0. The molecule has 0 aliphatic heterocycles. The topological polar surface area (TPSA) is 3.24 Å². The molecule has 1 atom stereocenters. The van der Waals surface area contributed by atoms with Gasteiger partial charge in [0.2, 0.25) is 0 Å². The maximum absolute atomic E-state index is 3.47. The maximum Gasteiger partial charge on any atom is 0.0465 e. The van der Waals surface area contributed by atoms with Gasteiger partial charge in [0, 0.05) is 28.4 Å². The van der Waals surface area contributed by atoms with Gasteiger partial charge in [-0.3, -0.25) is 0 Å². The number of hydrogen-bond acceptors (Lipinski definition) is 1. The van der Waals surface area contributed by atoms with Gasteiger partial charge < -0.3 is 4.90 Å². The molecule has 48 heavy (non-hydrogen) atoms. The van der Waals surface area contributed by atoms with Crippen molar-refractivity contribution in [1.29, 1.82) is 0 Å². The molecule has 5 aromatic carbocycles. The van der Waals surface area contributed by atoms with Crippen molar-refractivity contribution in [2.24, 2.45) is 5.92 Å². The molecular weight excluding hydrogens is 579 g/mol. The SMILES string of the molecule is CC1(C)C2=C(C3=C(C=C=CC=C3)C(/C(=C/c3ccccc3)c3ccccc3)C=C2)c2ccc(N(c3ccccc3)c3ccccc3)cc21. The molecule has 1 heteroatoms. The van der Waals surface area contributed by atoms with Crippen molar-refractivity contribution in [2.45, 2.75) is 19.3 Å². The van der Waals surface area contributed by atoms with E-state index in [0.717, 1.165) is 17.1 Å². The van der Waals surface area contributed by atoms with Crippen molar-refractivity contribution in [3.8, 4) is 0 Å². The summed E-state index contributed by atoms with van der Waals surface area (Å²) in [4.78, 5) is 2.36. The first-order valence-electron chi connectivity index (χ1n) is 16.7. The summed E-state index contributed by atoms with van der Waals surface area (Å²) in [5.41, 5.74) is 18.2. The summed E-state index contributed by atoms with van der Waals surface area (Å²) in [5.74, 6) is 0.0435. The van der Waals surface area contributed by atoms with Crippen LogP contribution in [0.25, 0.3) is 17.2 Å². The summed E-state index contributed by atoms with van der Waals surface area (Å²) in [5, 5.41) is 0. The Morgan fingerprint density at radius 2 is 1.31 bits per heavy atom. The molecule has 5 aromatic rings. The van der Waals surface area contributed by atoms with Crippen LogP contribution in [0.4, 0.5) is 17.1 Å². The molecule has 0 bridgehead atoms. The molecule has 0 saturated carbocycles. The summed E-state index contributed by atoms with van der Waals surface area (Å²) in [6.07, 6.45) is 15.9. The van der Waals surface area contributed by atoms with E-state index in [1.807, 2.05) is 6.08 Å². The minimum atomic E-state index is -0.212. The van der Waals surface area contributed by atoms with E-state index < -0.39 is 0 Å². The van der Waals surface area contributed by atoms with Crippen LogP contribution in [-0.4, -0.2) is 0 Å². The highest BCUT2D eigenvalue weighted by molar-refractivity contribution is 5.97. The van der Waals surface area contributed by atoms with Gasteiger partial charge in [0.25, 0.3) is 0 Å². The second kappa shape index (κ2) is 12.4. The van der Waals surface area contributed by atoms with E-state index in [1.54, 1.807) is 0 Å². The number of fused-ring (bicyclic) bond motifs is 3. The van der Waals surface area contributed by atoms with Crippen LogP contribution in [0.15, 0.2) is 198 Å². The number of nitrogens with zero attached hydrogens (tertiary/aromatic N) is 1. The molecule has 0 heterocycles. The monoisotopic (exact) mass is 615 g/mol. The lowest BCUT2D eigenvalue weighted by Crippen LogP contribution is -2.18. The molecule has 1 unspecified atom stereocenters. The van der Waals surface area contributed by atoms with Crippen LogP contribution < -0.4 is 4.90 Å². The van der Waals surface area contributed by atoms with E-state index >= 15 is 0 Å². The molecule has 0 saturated heterocycles. The van der Waals surface area contributed by atoms with Gasteiger partial charge in [0.15, 0.2) is 0 Å². The summed E-state index contributed by atoms with van der Waals surface area (Å²) in [6, 6.07) is 49.9. The largest absolute Gasteiger partial charge is 0.310 e. The van der Waals surface area contributed by atoms with Crippen LogP contribution in [0.1, 0.15) is 36.1 Å². The molecule has 0 radical (unpaired) electrons. The average Bonchev–Trinajstić information content (AvgIpc) is 3.33. The molecule has 0 spiro atoms. The third-order valence-corrected chi connectivity index (χ3v) is 9.80. The molecule has 3 aliphatic carbocycles. The van der Waals surface area contributed by atoms with Crippen molar-refractivity contribution in [1.82, 2.24) is 0 Å². The molecule has 3 aliphatic rings. The van der Waals surface area contributed by atoms with E-state index in [4.69, 9.17) is 0 Å². The zero-order valence-corrected chi connectivity index (χ0v) is 27.3. The van der Waals surface area contributed by atoms with E-state index in [-0.39, 0.29) is 11.3 Å². The summed E-state index contributed by atoms with van der Waals surface area (Å²) in [6.45, 7) is 4.76. The van der Waals surface area contributed by atoms with Gasteiger partial charge in [-0.2, -0.15) is 0 Å². The second-order valence-electron chi connectivity index (χ2n) is 13.1. The van der Waals surface area contributed by atoms with Crippen LogP contribution in [-0.2, 0) is 5.41 Å². The third-order valence-electron chi connectivity index (χ3n) is 9.80. The van der Waals surface area contributed by atoms with Crippen LogP contribution in [0, 0.1) is 5.92 Å². The third kappa shape index (κ3) is 5.25. The van der Waals surface area contributed by atoms with E-state index in [0.29, 0.717) is 0 Å². The van der Waals surface area contributed by atoms with Crippen molar-refractivity contribution >= 4 is 34.3 Å². The van der Waals surface area contributed by atoms with Crippen LogP contribution >= 0.6 is 0 Å². The normalized spacial score (nSPS) is 17.5. The van der Waals surface area contributed by atoms with Gasteiger partial charge in [0.05, 0.1) is 0 Å². The molecular formula is C47H37N. The van der Waals surface area contributed by atoms with Gasteiger partial charge in [-0.1, -0.05) is 147 Å². The van der Waals surface area contributed by atoms with Crippen molar-refractivity contribution in [3.05, 3.63) is 221 Å². The summed E-state index contributed by atoms with van der Waals surface area (Å²) < 4.78 is 0. The lowest BCUT2D eigenvalue weighted by Gasteiger charge is -2.28. The molecule has 0 N–H and O–H groups in total. The first-order chi connectivity index (χ1) is 23.6. The summed E-state index contributed by atoms with van der Waals surface area (Å²) >= 11 is 0. The first-order valence-corrected chi connectivity index (χ1v) is 16.7. The Morgan fingerprint density at radius 1 is 0.688 bits per heavy atom. The zero-order valence-electron chi connectivity index (χ0n) is 27.3. The minimum absolute atomic E-state index is 0.0435. The van der Waals surface area contributed by atoms with Crippen LogP contribution in [0.2, 0.25) is 0 Å². The Morgan fingerprint density at radius 3 is 1.98 bits per heavy atom. The Bertz CT molecular complexity index is 2160. The van der Waals surface area contributed by atoms with Gasteiger partial charge in [-0.15, -0.1) is 5.73 Å². The number of hydrogen-bond donors (Lipinski definition) is 0. The van der Waals surface area contributed by atoms with Crippen molar-refractivity contribution < 1.29 is 0 Å². The van der Waals surface area contributed by atoms with Gasteiger partial charge >= 0.3 is 0 Å². The predicted octanol–water partition coefficient (Wildman–Crippen LogP) is 12.2. The fourth-order valence-electron chi connectivity index (χ4n) is 7.47. The van der Waals surface area contributed by atoms with Gasteiger partial charge in [0.1, 0.15) is 0 Å². The number of allylic oxidation sites excluding steroid dienone is 10. The van der Waals surface area contributed by atoms with E-state index in [9.17, 15) is 0 Å². The molecule has 0 aromatic heterocycles. The van der Waals surface area contributed by atoms with E-state index in [1.165, 1.54) is 50.1 Å². The van der Waals surface area contributed by atoms with Crippen molar-refractivity contribution in [2.75, 3.05) is 4.90 Å². The number of rotatable bonds is 6. The van der Waals surface area contributed by atoms with E-state index in [2.05, 4.69) is 200 Å². The molecule has 230 valence electrons. The maximum atomic E-state index is 3.47. The number of anilines is 3. The van der Waals surface area contributed by atoms with Gasteiger partial charge in [-0.05, 0) is 98.7 Å². The quantitative estimate of drug-likeness (QED) is 0.136. The van der Waals surface area contributed by atoms with Crippen molar-refractivity contribution in [3.63, 3.8) is 0 Å². The molecule has 0 fully saturated rings. The van der Waals surface area contributed by atoms with Crippen LogP contribution in [0.5, 0.6) is 0 Å². The number of benzene rings is 5.